The molecule has 61 heavy (non-hydrogen) atoms. The number of hydrogen-bond acceptors (Lipinski definition) is 12. The van der Waals surface area contributed by atoms with Crippen molar-refractivity contribution < 1.29 is 27.1 Å². The van der Waals surface area contributed by atoms with Crippen LogP contribution in [-0.2, 0) is 62.6 Å². The number of hydrogen-bond donors (Lipinski definition) is 0. The maximum absolute atomic E-state index is 6.83. The number of rotatable bonds is 42. The van der Waals surface area contributed by atoms with E-state index >= 15 is 0 Å². The third kappa shape index (κ3) is 37.4. The van der Waals surface area contributed by atoms with Gasteiger partial charge in [-0.1, -0.05) is 180 Å². The van der Waals surface area contributed by atoms with E-state index in [-0.39, 0.29) is 36.6 Å². The van der Waals surface area contributed by atoms with Crippen molar-refractivity contribution in [3.05, 3.63) is 0 Å². The largest absolute Gasteiger partial charge is 0.319 e. The molecule has 0 aromatic carbocycles. The van der Waals surface area contributed by atoms with Gasteiger partial charge in [-0.3, -0.25) is 0 Å². The van der Waals surface area contributed by atoms with Crippen LogP contribution in [0.5, 0.6) is 0 Å². The van der Waals surface area contributed by atoms with E-state index < -0.39 is 17.1 Å². The lowest BCUT2D eigenvalue weighted by atomic mass is 10.0. The predicted octanol–water partition coefficient (Wildman–Crippen LogP) is 19.0. The molecule has 0 saturated carbocycles. The molecular weight excluding hydrogens is 934 g/mol. The van der Waals surface area contributed by atoms with E-state index in [0.717, 1.165) is 37.9 Å². The average molecular weight is 1030 g/mol. The summed E-state index contributed by atoms with van der Waals surface area (Å²) in [7, 11) is 0. The summed E-state index contributed by atoms with van der Waals surface area (Å²) < 4.78 is 40.0. The van der Waals surface area contributed by atoms with Crippen molar-refractivity contribution in [2.75, 3.05) is 17.3 Å². The first kappa shape index (κ1) is 63.8. The lowest BCUT2D eigenvalue weighted by molar-refractivity contribution is 0.143. The minimum atomic E-state index is -2.75. The molecule has 0 aliphatic carbocycles. The Bertz CT molecular complexity index is 1100. The Labute approximate surface area is 407 Å². The van der Waals surface area contributed by atoms with Gasteiger partial charge in [0, 0.05) is 17.3 Å². The normalized spacial score (nSPS) is 18.5. The van der Waals surface area contributed by atoms with Crippen LogP contribution in [0, 0.1) is 23.7 Å². The van der Waals surface area contributed by atoms with Crippen LogP contribution in [-0.4, -0.2) is 53.9 Å². The zero-order valence-corrected chi connectivity index (χ0v) is 49.4. The summed E-state index contributed by atoms with van der Waals surface area (Å²) in [5, 5.41) is 0. The van der Waals surface area contributed by atoms with Crippen molar-refractivity contribution in [2.45, 2.75) is 256 Å². The minimum absolute atomic E-state index is 0.0164. The third-order valence-electron chi connectivity index (χ3n) is 9.75. The second-order valence-electron chi connectivity index (χ2n) is 19.4. The molecule has 0 heterocycles. The molecule has 368 valence electrons. The van der Waals surface area contributed by atoms with E-state index in [4.69, 9.17) is 62.6 Å². The Morgan fingerprint density at radius 3 is 0.820 bits per heavy atom. The van der Waals surface area contributed by atoms with Gasteiger partial charge in [0.15, 0.2) is 0 Å². The Morgan fingerprint density at radius 1 is 0.328 bits per heavy atom. The molecule has 0 bridgehead atoms. The summed E-state index contributed by atoms with van der Waals surface area (Å²) in [6.45, 7) is 32.7. The standard InChI is InChI=1S/C46H97O6P3S6/c1-16-17-18-19-20-21-22-23-24-25-26-27-28-29-30-59-53(56,51-45(14)35-60-54(57,47-41(10)31-37(2)3)48-42(11)32-38(4)5)52-46(15)36-61-55(58,49-43(12)33-39(6)7)50-44(13)34-40(8)9/h37-46H,16-36H2,1-15H3. The van der Waals surface area contributed by atoms with E-state index in [9.17, 15) is 0 Å². The van der Waals surface area contributed by atoms with Gasteiger partial charge in [-0.2, -0.15) is 0 Å². The highest BCUT2D eigenvalue weighted by Crippen LogP contribution is 2.67. The first-order valence-corrected chi connectivity index (χ1v) is 37.0. The molecule has 0 aromatic heterocycles. The topological polar surface area (TPSA) is 55.4 Å². The van der Waals surface area contributed by atoms with E-state index in [2.05, 4.69) is 104 Å². The van der Waals surface area contributed by atoms with Crippen molar-refractivity contribution >= 4 is 86.6 Å². The van der Waals surface area contributed by atoms with Gasteiger partial charge in [-0.05, 0) is 133 Å². The Kier molecular flexibility index (Phi) is 38.4. The Balaban J connectivity index is 5.75. The van der Waals surface area contributed by atoms with Gasteiger partial charge in [-0.15, -0.1) is 0 Å². The van der Waals surface area contributed by atoms with E-state index in [0.29, 0.717) is 35.2 Å². The quantitative estimate of drug-likeness (QED) is 0.0432. The molecule has 0 aliphatic heterocycles. The summed E-state index contributed by atoms with van der Waals surface area (Å²) >= 11 is 23.7. The monoisotopic (exact) mass is 1030 g/mol. The summed E-state index contributed by atoms with van der Waals surface area (Å²) in [5.74, 6) is 4.20. The van der Waals surface area contributed by atoms with Crippen molar-refractivity contribution in [3.8, 4) is 0 Å². The summed E-state index contributed by atoms with van der Waals surface area (Å²) in [4.78, 5) is 0. The molecule has 6 atom stereocenters. The van der Waals surface area contributed by atoms with Crippen LogP contribution in [0.2, 0.25) is 0 Å². The van der Waals surface area contributed by atoms with Gasteiger partial charge in [-0.25, -0.2) is 0 Å². The van der Waals surface area contributed by atoms with Crippen LogP contribution in [0.15, 0.2) is 0 Å². The predicted molar refractivity (Wildman–Crippen MR) is 292 cm³/mol. The van der Waals surface area contributed by atoms with Crippen molar-refractivity contribution in [2.24, 2.45) is 23.7 Å². The molecule has 6 unspecified atom stereocenters. The molecule has 0 aromatic rings. The van der Waals surface area contributed by atoms with Crippen LogP contribution in [0.25, 0.3) is 0 Å². The molecule has 15 heteroatoms. The van der Waals surface area contributed by atoms with Crippen LogP contribution >= 0.6 is 51.2 Å². The molecule has 0 rings (SSSR count). The molecule has 0 N–H and O–H groups in total. The molecule has 0 aliphatic rings. The average Bonchev–Trinajstić information content (AvgIpc) is 3.09. The fourth-order valence-corrected chi connectivity index (χ4v) is 24.2. The zero-order chi connectivity index (χ0) is 46.5. The van der Waals surface area contributed by atoms with Gasteiger partial charge in [0.05, 0.1) is 36.6 Å². The highest BCUT2D eigenvalue weighted by atomic mass is 32.9. The lowest BCUT2D eigenvalue weighted by Crippen LogP contribution is -2.18. The van der Waals surface area contributed by atoms with Crippen LogP contribution in [0.4, 0.5) is 0 Å². The molecule has 0 spiro atoms. The first-order chi connectivity index (χ1) is 28.5. The second kappa shape index (κ2) is 36.7. The summed E-state index contributed by atoms with van der Waals surface area (Å²) in [5.41, 5.74) is -8.06. The van der Waals surface area contributed by atoms with Gasteiger partial charge in [0.2, 0.25) is 17.1 Å². The third-order valence-corrected chi connectivity index (χ3v) is 26.3. The van der Waals surface area contributed by atoms with E-state index in [1.165, 1.54) is 83.5 Å². The molecule has 6 nitrogen and oxygen atoms in total. The molecule has 0 amide bonds. The van der Waals surface area contributed by atoms with E-state index in [1.54, 1.807) is 34.1 Å². The smallest absolute Gasteiger partial charge is 0.247 e. The zero-order valence-electron chi connectivity index (χ0n) is 41.9. The summed E-state index contributed by atoms with van der Waals surface area (Å²) in [6, 6.07) is 0. The second-order valence-corrected chi connectivity index (χ2v) is 38.2. The molecule has 0 saturated heterocycles. The highest BCUT2D eigenvalue weighted by Gasteiger charge is 2.33. The van der Waals surface area contributed by atoms with Gasteiger partial charge < -0.3 is 27.1 Å². The molecule has 0 radical (unpaired) electrons. The lowest BCUT2D eigenvalue weighted by Gasteiger charge is -2.32. The Morgan fingerprint density at radius 2 is 0.557 bits per heavy atom. The number of unbranched alkanes of at least 4 members (excludes halogenated alkanes) is 13. The van der Waals surface area contributed by atoms with Gasteiger partial charge in [0.1, 0.15) is 0 Å². The maximum atomic E-state index is 6.83. The van der Waals surface area contributed by atoms with Crippen LogP contribution < -0.4 is 0 Å². The first-order valence-electron chi connectivity index (χ1n) is 24.3. The summed E-state index contributed by atoms with van der Waals surface area (Å²) in [6.07, 6.45) is 22.2. The molecule has 0 fully saturated rings. The van der Waals surface area contributed by atoms with Crippen molar-refractivity contribution in [1.82, 2.24) is 0 Å². The maximum Gasteiger partial charge on any atom is 0.247 e. The van der Waals surface area contributed by atoms with Crippen molar-refractivity contribution in [1.29, 1.82) is 0 Å². The SMILES string of the molecule is CCCCCCCCCCCCCCCCSP(=S)(OC(C)CSP(=S)(OC(C)CC(C)C)OC(C)CC(C)C)OC(C)CSP(=S)(OC(C)CC(C)C)OC(C)CC(C)C. The van der Waals surface area contributed by atoms with Gasteiger partial charge >= 0.3 is 0 Å². The fraction of sp³-hybridized carbons (Fsp3) is 1.00. The van der Waals surface area contributed by atoms with Crippen molar-refractivity contribution in [3.63, 3.8) is 0 Å². The van der Waals surface area contributed by atoms with Crippen LogP contribution in [0.1, 0.15) is 219 Å². The van der Waals surface area contributed by atoms with Gasteiger partial charge in [0.25, 0.3) is 0 Å². The fourth-order valence-electron chi connectivity index (χ4n) is 7.33. The van der Waals surface area contributed by atoms with E-state index in [1.807, 2.05) is 0 Å². The highest BCUT2D eigenvalue weighted by molar-refractivity contribution is 8.68. The Hall–Kier alpha value is 2.76. The van der Waals surface area contributed by atoms with Crippen LogP contribution in [0.3, 0.4) is 0 Å². The minimum Gasteiger partial charge on any atom is -0.319 e. The molecular formula is C46H97O6P3S6.